The largest absolute Gasteiger partial charge is 0.463 e. The molecule has 0 bridgehead atoms. The van der Waals surface area contributed by atoms with E-state index in [1.165, 1.54) is 30.3 Å². The maximum atomic E-state index is 12.9. The monoisotopic (exact) mass is 378 g/mol. The van der Waals surface area contributed by atoms with Gasteiger partial charge >= 0.3 is 5.97 Å². The topological polar surface area (TPSA) is 92.2 Å². The zero-order chi connectivity index (χ0) is 19.8. The summed E-state index contributed by atoms with van der Waals surface area (Å²) in [6.45, 7) is 4.18. The van der Waals surface area contributed by atoms with Gasteiger partial charge < -0.3 is 9.15 Å². The van der Waals surface area contributed by atoms with Crippen molar-refractivity contribution in [2.24, 2.45) is 0 Å². The average molecular weight is 378 g/mol. The molecule has 4 aromatic rings. The minimum Gasteiger partial charge on any atom is -0.463 e. The highest BCUT2D eigenvalue weighted by atomic mass is 16.5. The van der Waals surface area contributed by atoms with Gasteiger partial charge in [-0.25, -0.2) is 14.5 Å². The van der Waals surface area contributed by atoms with Crippen LogP contribution >= 0.6 is 0 Å². The molecule has 0 atom stereocenters. The second-order valence-corrected chi connectivity index (χ2v) is 6.45. The standard InChI is InChI=1S/C20H18N4O4/c1-12-5-4-6-16(13(12)2)24-18-15(9-22-24)19(25)23(11-21-18)10-14-7-8-17(28-14)20(26)27-3/h4-9,11H,10H2,1-3H3. The van der Waals surface area contributed by atoms with Crippen LogP contribution in [0.2, 0.25) is 0 Å². The summed E-state index contributed by atoms with van der Waals surface area (Å²) in [5.74, 6) is -0.0325. The van der Waals surface area contributed by atoms with E-state index >= 15 is 0 Å². The van der Waals surface area contributed by atoms with Crippen LogP contribution in [-0.2, 0) is 11.3 Å². The zero-order valence-electron chi connectivity index (χ0n) is 15.7. The summed E-state index contributed by atoms with van der Waals surface area (Å²) in [5.41, 5.74) is 3.34. The molecule has 0 unspecified atom stereocenters. The first-order valence-corrected chi connectivity index (χ1v) is 8.66. The van der Waals surface area contributed by atoms with Crippen molar-refractivity contribution in [2.45, 2.75) is 20.4 Å². The molecule has 0 N–H and O–H groups in total. The Morgan fingerprint density at radius 3 is 2.82 bits per heavy atom. The fourth-order valence-electron chi connectivity index (χ4n) is 3.04. The Morgan fingerprint density at radius 1 is 1.21 bits per heavy atom. The summed E-state index contributed by atoms with van der Waals surface area (Å²) >= 11 is 0. The van der Waals surface area contributed by atoms with Crippen molar-refractivity contribution < 1.29 is 13.9 Å². The highest BCUT2D eigenvalue weighted by Crippen LogP contribution is 2.20. The highest BCUT2D eigenvalue weighted by molar-refractivity contribution is 5.86. The zero-order valence-corrected chi connectivity index (χ0v) is 15.7. The van der Waals surface area contributed by atoms with E-state index < -0.39 is 5.97 Å². The van der Waals surface area contributed by atoms with Gasteiger partial charge in [0.15, 0.2) is 5.65 Å². The predicted octanol–water partition coefficient (Wildman–Crippen LogP) is 2.63. The molecule has 0 amide bonds. The predicted molar refractivity (Wildman–Crippen MR) is 102 cm³/mol. The maximum Gasteiger partial charge on any atom is 0.373 e. The summed E-state index contributed by atoms with van der Waals surface area (Å²) in [4.78, 5) is 28.8. The Kier molecular flexibility index (Phi) is 4.31. The molecule has 3 heterocycles. The lowest BCUT2D eigenvalue weighted by atomic mass is 10.1. The third-order valence-electron chi connectivity index (χ3n) is 4.73. The van der Waals surface area contributed by atoms with Crippen molar-refractivity contribution in [1.82, 2.24) is 19.3 Å². The first-order chi connectivity index (χ1) is 13.5. The number of carbonyl (C=O) groups excluding carboxylic acids is 1. The quantitative estimate of drug-likeness (QED) is 0.507. The number of nitrogens with zero attached hydrogens (tertiary/aromatic N) is 4. The first kappa shape index (κ1) is 17.7. The molecule has 1 aromatic carbocycles. The van der Waals surface area contributed by atoms with Crippen LogP contribution in [0.25, 0.3) is 16.7 Å². The number of methoxy groups -OCH3 is 1. The molecule has 3 aromatic heterocycles. The summed E-state index contributed by atoms with van der Waals surface area (Å²) in [6, 6.07) is 9.05. The number of aromatic nitrogens is 4. The Labute approximate surface area is 160 Å². The number of hydrogen-bond acceptors (Lipinski definition) is 6. The molecule has 0 aliphatic heterocycles. The van der Waals surface area contributed by atoms with E-state index in [0.717, 1.165) is 16.8 Å². The highest BCUT2D eigenvalue weighted by Gasteiger charge is 2.15. The fourth-order valence-corrected chi connectivity index (χ4v) is 3.04. The van der Waals surface area contributed by atoms with Gasteiger partial charge in [-0.3, -0.25) is 9.36 Å². The van der Waals surface area contributed by atoms with Gasteiger partial charge in [0.05, 0.1) is 25.5 Å². The lowest BCUT2D eigenvalue weighted by Gasteiger charge is -2.09. The molecule has 142 valence electrons. The number of benzene rings is 1. The summed E-state index contributed by atoms with van der Waals surface area (Å²) in [5, 5.41) is 4.78. The van der Waals surface area contributed by atoms with Gasteiger partial charge in [0, 0.05) is 0 Å². The second-order valence-electron chi connectivity index (χ2n) is 6.45. The van der Waals surface area contributed by atoms with Crippen LogP contribution in [0.4, 0.5) is 0 Å². The molecule has 8 nitrogen and oxygen atoms in total. The molecule has 8 heteroatoms. The molecule has 28 heavy (non-hydrogen) atoms. The molecule has 0 aliphatic carbocycles. The fraction of sp³-hybridized carbons (Fsp3) is 0.200. The van der Waals surface area contributed by atoms with Gasteiger partial charge in [-0.2, -0.15) is 5.10 Å². The van der Waals surface area contributed by atoms with Crippen LogP contribution in [0.15, 0.2) is 52.1 Å². The van der Waals surface area contributed by atoms with Crippen LogP contribution in [0.5, 0.6) is 0 Å². The van der Waals surface area contributed by atoms with Crippen molar-refractivity contribution in [3.05, 3.63) is 75.9 Å². The molecular formula is C20H18N4O4. The van der Waals surface area contributed by atoms with Gasteiger partial charge in [-0.1, -0.05) is 12.1 Å². The summed E-state index contributed by atoms with van der Waals surface area (Å²) < 4.78 is 13.1. The van der Waals surface area contributed by atoms with Crippen LogP contribution < -0.4 is 5.56 Å². The van der Waals surface area contributed by atoms with Crippen molar-refractivity contribution in [1.29, 1.82) is 0 Å². The number of furan rings is 1. The maximum absolute atomic E-state index is 12.9. The molecular weight excluding hydrogens is 360 g/mol. The number of fused-ring (bicyclic) bond motifs is 1. The Morgan fingerprint density at radius 2 is 2.04 bits per heavy atom. The third kappa shape index (κ3) is 2.88. The number of carbonyl (C=O) groups is 1. The minimum absolute atomic E-state index is 0.0855. The smallest absolute Gasteiger partial charge is 0.373 e. The molecule has 0 radical (unpaired) electrons. The molecule has 0 spiro atoms. The van der Waals surface area contributed by atoms with Crippen LogP contribution in [0.3, 0.4) is 0 Å². The van der Waals surface area contributed by atoms with Gasteiger partial charge in [0.25, 0.3) is 5.56 Å². The molecule has 0 saturated carbocycles. The summed E-state index contributed by atoms with van der Waals surface area (Å²) in [6.07, 6.45) is 2.97. The molecule has 4 rings (SSSR count). The number of esters is 1. The molecule has 0 fully saturated rings. The van der Waals surface area contributed by atoms with Crippen molar-refractivity contribution in [3.8, 4) is 5.69 Å². The summed E-state index contributed by atoms with van der Waals surface area (Å²) in [7, 11) is 1.28. The minimum atomic E-state index is -0.568. The van der Waals surface area contributed by atoms with Crippen molar-refractivity contribution in [2.75, 3.05) is 7.11 Å². The average Bonchev–Trinajstić information content (AvgIpc) is 3.33. The van der Waals surface area contributed by atoms with Gasteiger partial charge in [0.1, 0.15) is 17.5 Å². The van der Waals surface area contributed by atoms with E-state index in [1.807, 2.05) is 32.0 Å². The number of ether oxygens (including phenoxy) is 1. The number of aryl methyl sites for hydroxylation is 1. The second kappa shape index (κ2) is 6.80. The van der Waals surface area contributed by atoms with E-state index in [0.29, 0.717) is 16.8 Å². The lowest BCUT2D eigenvalue weighted by molar-refractivity contribution is 0.0563. The van der Waals surface area contributed by atoms with E-state index in [2.05, 4.69) is 14.8 Å². The number of hydrogen-bond donors (Lipinski definition) is 0. The van der Waals surface area contributed by atoms with Crippen molar-refractivity contribution >= 4 is 17.0 Å². The van der Waals surface area contributed by atoms with E-state index in [4.69, 9.17) is 4.42 Å². The Bertz CT molecular complexity index is 1250. The van der Waals surface area contributed by atoms with Gasteiger partial charge in [-0.15, -0.1) is 0 Å². The Hall–Kier alpha value is -3.68. The van der Waals surface area contributed by atoms with Gasteiger partial charge in [-0.05, 0) is 43.2 Å². The van der Waals surface area contributed by atoms with E-state index in [9.17, 15) is 9.59 Å². The first-order valence-electron chi connectivity index (χ1n) is 8.66. The van der Waals surface area contributed by atoms with Gasteiger partial charge in [0.2, 0.25) is 5.76 Å². The molecule has 0 saturated heterocycles. The normalized spacial score (nSPS) is 11.1. The van der Waals surface area contributed by atoms with Crippen LogP contribution in [-0.4, -0.2) is 32.4 Å². The van der Waals surface area contributed by atoms with Crippen LogP contribution in [0.1, 0.15) is 27.4 Å². The van der Waals surface area contributed by atoms with Crippen molar-refractivity contribution in [3.63, 3.8) is 0 Å². The van der Waals surface area contributed by atoms with E-state index in [-0.39, 0.29) is 17.9 Å². The Balaban J connectivity index is 1.73. The lowest BCUT2D eigenvalue weighted by Crippen LogP contribution is -2.21. The molecule has 0 aliphatic rings. The SMILES string of the molecule is COC(=O)c1ccc(Cn2cnc3c(cnn3-c3cccc(C)c3C)c2=O)o1. The number of rotatable bonds is 4. The van der Waals surface area contributed by atoms with Crippen LogP contribution in [0, 0.1) is 13.8 Å². The van der Waals surface area contributed by atoms with E-state index in [1.54, 1.807) is 10.7 Å². The third-order valence-corrected chi connectivity index (χ3v) is 4.73.